The molecule has 0 saturated heterocycles. The molecule has 0 amide bonds. The molecule has 120 valence electrons. The molecule has 23 heavy (non-hydrogen) atoms. The Kier molecular flexibility index (Phi) is 5.03. The van der Waals surface area contributed by atoms with Crippen LogP contribution in [0.1, 0.15) is 18.6 Å². The first-order valence-electron chi connectivity index (χ1n) is 6.74. The van der Waals surface area contributed by atoms with Gasteiger partial charge in [0.1, 0.15) is 11.5 Å². The van der Waals surface area contributed by atoms with Crippen molar-refractivity contribution in [1.29, 1.82) is 0 Å². The minimum absolute atomic E-state index is 0. The molecule has 0 aliphatic rings. The molecule has 0 aliphatic heterocycles. The Morgan fingerprint density at radius 3 is 2.61 bits per heavy atom. The van der Waals surface area contributed by atoms with Gasteiger partial charge in [-0.3, -0.25) is 9.20 Å². The minimum Gasteiger partial charge on any atom is -0.391 e. The average Bonchev–Trinajstić information content (AvgIpc) is 2.49. The molecular formula is C17H18ClN3O2. The summed E-state index contributed by atoms with van der Waals surface area (Å²) < 4.78 is 1.42. The Hall–Kier alpha value is -2.37. The van der Waals surface area contributed by atoms with E-state index in [2.05, 4.69) is 10.3 Å². The molecule has 0 saturated carbocycles. The zero-order valence-electron chi connectivity index (χ0n) is 11.9. The second-order valence-corrected chi connectivity index (χ2v) is 5.40. The monoisotopic (exact) mass is 331 g/mol. The zero-order chi connectivity index (χ0) is 15.7. The number of hydrogen-bond acceptors (Lipinski definition) is 4. The van der Waals surface area contributed by atoms with Crippen molar-refractivity contribution in [2.24, 2.45) is 0 Å². The number of nitrogens with one attached hydrogen (secondary N) is 1. The van der Waals surface area contributed by atoms with Gasteiger partial charge in [-0.1, -0.05) is 19.0 Å². The van der Waals surface area contributed by atoms with E-state index in [0.717, 1.165) is 11.3 Å². The number of halogens is 1. The molecule has 0 bridgehead atoms. The van der Waals surface area contributed by atoms with Crippen LogP contribution >= 0.6 is 11.6 Å². The van der Waals surface area contributed by atoms with Crippen molar-refractivity contribution in [3.63, 3.8) is 0 Å². The average molecular weight is 332 g/mol. The van der Waals surface area contributed by atoms with E-state index in [1.807, 2.05) is 19.1 Å². The maximum Gasteiger partial charge on any atom is 0.265 e. The Morgan fingerprint density at radius 2 is 1.96 bits per heavy atom. The van der Waals surface area contributed by atoms with Gasteiger partial charge in [0.05, 0.1) is 12.2 Å². The van der Waals surface area contributed by atoms with E-state index in [4.69, 9.17) is 11.6 Å². The van der Waals surface area contributed by atoms with Crippen LogP contribution in [0.15, 0.2) is 47.4 Å². The molecule has 1 aromatic carbocycles. The van der Waals surface area contributed by atoms with Crippen molar-refractivity contribution in [2.45, 2.75) is 21.0 Å². The Bertz CT molecular complexity index is 889. The fraction of sp³-hybridized carbons (Fsp3) is 0.176. The highest BCUT2D eigenvalue weighted by Crippen LogP contribution is 2.20. The second kappa shape index (κ2) is 6.81. The van der Waals surface area contributed by atoms with E-state index in [9.17, 15) is 9.90 Å². The summed E-state index contributed by atoms with van der Waals surface area (Å²) in [5.74, 6) is 0.348. The van der Waals surface area contributed by atoms with Crippen molar-refractivity contribution < 1.29 is 5.11 Å². The first-order valence-corrected chi connectivity index (χ1v) is 7.11. The van der Waals surface area contributed by atoms with E-state index in [1.54, 1.807) is 30.5 Å². The molecular weight excluding hydrogens is 314 g/mol. The number of rotatable bonds is 3. The maximum atomic E-state index is 12.4. The third-order valence-corrected chi connectivity index (χ3v) is 3.60. The second-order valence-electron chi connectivity index (χ2n) is 4.97. The summed E-state index contributed by atoms with van der Waals surface area (Å²) in [6.45, 7) is 1.54. The van der Waals surface area contributed by atoms with Gasteiger partial charge in [0.2, 0.25) is 0 Å². The molecule has 2 N–H and O–H groups in total. The summed E-state index contributed by atoms with van der Waals surface area (Å²) in [4.78, 5) is 16.9. The van der Waals surface area contributed by atoms with E-state index in [1.165, 1.54) is 4.40 Å². The molecule has 3 rings (SSSR count). The number of aliphatic hydroxyl groups excluding tert-OH is 1. The Balaban J connectivity index is 0.00000192. The highest BCUT2D eigenvalue weighted by atomic mass is 35.5. The lowest BCUT2D eigenvalue weighted by atomic mass is 10.2. The van der Waals surface area contributed by atoms with Crippen molar-refractivity contribution >= 4 is 28.8 Å². The molecule has 2 aromatic heterocycles. The number of benzene rings is 1. The van der Waals surface area contributed by atoms with Gasteiger partial charge >= 0.3 is 0 Å². The summed E-state index contributed by atoms with van der Waals surface area (Å²) >= 11 is 5.86. The summed E-state index contributed by atoms with van der Waals surface area (Å²) in [5.41, 5.74) is 2.20. The van der Waals surface area contributed by atoms with Crippen molar-refractivity contribution in [3.05, 3.63) is 69.1 Å². The van der Waals surface area contributed by atoms with E-state index in [-0.39, 0.29) is 18.5 Å². The minimum atomic E-state index is -0.390. The van der Waals surface area contributed by atoms with Gasteiger partial charge in [-0.25, -0.2) is 4.98 Å². The van der Waals surface area contributed by atoms with Gasteiger partial charge in [0.15, 0.2) is 0 Å². The predicted molar refractivity (Wildman–Crippen MR) is 93.6 cm³/mol. The first-order chi connectivity index (χ1) is 10.6. The van der Waals surface area contributed by atoms with Crippen LogP contribution in [0.25, 0.3) is 5.65 Å². The number of aromatic nitrogens is 2. The van der Waals surface area contributed by atoms with Crippen molar-refractivity contribution in [3.8, 4) is 0 Å². The number of fused-ring (bicyclic) bond motifs is 1. The fourth-order valence-corrected chi connectivity index (χ4v) is 2.32. The zero-order valence-corrected chi connectivity index (χ0v) is 12.6. The molecule has 0 spiro atoms. The predicted octanol–water partition coefficient (Wildman–Crippen LogP) is 3.53. The third kappa shape index (κ3) is 3.36. The van der Waals surface area contributed by atoms with Gasteiger partial charge < -0.3 is 10.4 Å². The number of aryl methyl sites for hydroxylation is 1. The molecule has 0 fully saturated rings. The summed E-state index contributed by atoms with van der Waals surface area (Å²) in [7, 11) is 0. The lowest BCUT2D eigenvalue weighted by Crippen LogP contribution is -2.21. The third-order valence-electron chi connectivity index (χ3n) is 3.34. The normalized spacial score (nSPS) is 10.4. The topological polar surface area (TPSA) is 66.6 Å². The molecule has 2 heterocycles. The highest BCUT2D eigenvalue weighted by Gasteiger charge is 2.12. The van der Waals surface area contributed by atoms with Crippen LogP contribution in [0.2, 0.25) is 5.02 Å². The smallest absolute Gasteiger partial charge is 0.265 e. The molecule has 0 atom stereocenters. The number of hydrogen-bond donors (Lipinski definition) is 2. The molecule has 5 nitrogen and oxygen atoms in total. The van der Waals surface area contributed by atoms with E-state index in [0.29, 0.717) is 16.5 Å². The van der Waals surface area contributed by atoms with Crippen LogP contribution in [0, 0.1) is 6.92 Å². The van der Waals surface area contributed by atoms with Gasteiger partial charge in [-0.05, 0) is 48.9 Å². The summed E-state index contributed by atoms with van der Waals surface area (Å²) in [6, 6.07) is 10.7. The van der Waals surface area contributed by atoms with Crippen LogP contribution in [0.5, 0.6) is 0 Å². The van der Waals surface area contributed by atoms with Crippen LogP contribution in [-0.4, -0.2) is 14.5 Å². The number of aliphatic hydroxyl groups is 1. The standard InChI is InChI=1S/C16H14ClN3O2.CH4/c1-10-6-7-20-14(8-10)19-15(13(9-21)16(20)22)18-12-4-2-11(17)3-5-12;/h2-8,18,21H,9H2,1H3;1H4. The SMILES string of the molecule is C.Cc1ccn2c(=O)c(CO)c(Nc3ccc(Cl)cc3)nc2c1. The van der Waals surface area contributed by atoms with Crippen LogP contribution in [-0.2, 0) is 6.61 Å². The van der Waals surface area contributed by atoms with Crippen LogP contribution < -0.4 is 10.9 Å². The summed E-state index contributed by atoms with van der Waals surface area (Å²) in [6.07, 6.45) is 1.66. The summed E-state index contributed by atoms with van der Waals surface area (Å²) in [5, 5.41) is 13.2. The highest BCUT2D eigenvalue weighted by molar-refractivity contribution is 6.30. The molecule has 3 aromatic rings. The van der Waals surface area contributed by atoms with Gasteiger partial charge in [-0.2, -0.15) is 0 Å². The number of nitrogens with zero attached hydrogens (tertiary/aromatic N) is 2. The van der Waals surface area contributed by atoms with Crippen molar-refractivity contribution in [1.82, 2.24) is 9.38 Å². The quantitative estimate of drug-likeness (QED) is 0.770. The largest absolute Gasteiger partial charge is 0.391 e. The van der Waals surface area contributed by atoms with E-state index >= 15 is 0 Å². The lowest BCUT2D eigenvalue weighted by molar-refractivity contribution is 0.280. The number of pyridine rings is 1. The van der Waals surface area contributed by atoms with Gasteiger partial charge in [0, 0.05) is 16.9 Å². The Labute approximate surface area is 139 Å². The number of anilines is 2. The molecule has 0 aliphatic carbocycles. The van der Waals surface area contributed by atoms with Gasteiger partial charge in [-0.15, -0.1) is 0 Å². The molecule has 0 unspecified atom stereocenters. The van der Waals surface area contributed by atoms with Crippen molar-refractivity contribution in [2.75, 3.05) is 5.32 Å². The molecule has 0 radical (unpaired) electrons. The van der Waals surface area contributed by atoms with E-state index < -0.39 is 6.61 Å². The maximum absolute atomic E-state index is 12.4. The lowest BCUT2D eigenvalue weighted by Gasteiger charge is -2.11. The van der Waals surface area contributed by atoms with Gasteiger partial charge in [0.25, 0.3) is 5.56 Å². The fourth-order valence-electron chi connectivity index (χ4n) is 2.19. The first kappa shape index (κ1) is 17.0. The van der Waals surface area contributed by atoms with Crippen LogP contribution in [0.4, 0.5) is 11.5 Å². The molecule has 6 heteroatoms. The van der Waals surface area contributed by atoms with Crippen LogP contribution in [0.3, 0.4) is 0 Å². The Morgan fingerprint density at radius 1 is 1.26 bits per heavy atom.